The zero-order valence-electron chi connectivity index (χ0n) is 17.4. The van der Waals surface area contributed by atoms with Gasteiger partial charge in [-0.3, -0.25) is 9.59 Å². The molecule has 1 unspecified atom stereocenters. The molecule has 0 saturated carbocycles. The van der Waals surface area contributed by atoms with Crippen LogP contribution >= 0.6 is 8.38 Å². The zero-order chi connectivity index (χ0) is 21.7. The van der Waals surface area contributed by atoms with Crippen molar-refractivity contribution in [1.29, 1.82) is 0 Å². The average molecular weight is 434 g/mol. The summed E-state index contributed by atoms with van der Waals surface area (Å²) < 4.78 is 0. The lowest BCUT2D eigenvalue weighted by Crippen LogP contribution is -2.53. The molecule has 2 heterocycles. The maximum Gasteiger partial charge on any atom is 0.243 e. The molecule has 30 heavy (non-hydrogen) atoms. The SMILES string of the molecule is CC(C)C[C@H](NC(=O)[C@@H]1CCCN1)C(=O)NC(Cc1c[nH]c2ccccc12)P(O)O. The van der Waals surface area contributed by atoms with Gasteiger partial charge in [-0.1, -0.05) is 32.0 Å². The van der Waals surface area contributed by atoms with Gasteiger partial charge in [0.2, 0.25) is 11.8 Å². The molecule has 1 aromatic heterocycles. The van der Waals surface area contributed by atoms with Crippen molar-refractivity contribution in [2.45, 2.75) is 57.4 Å². The van der Waals surface area contributed by atoms with Crippen LogP contribution in [0.25, 0.3) is 10.9 Å². The van der Waals surface area contributed by atoms with E-state index in [1.807, 2.05) is 44.3 Å². The third kappa shape index (κ3) is 5.79. The Morgan fingerprint density at radius 2 is 2.00 bits per heavy atom. The lowest BCUT2D eigenvalue weighted by Gasteiger charge is -2.26. The second kappa shape index (κ2) is 10.4. The molecule has 1 aliphatic heterocycles. The van der Waals surface area contributed by atoms with Crippen molar-refractivity contribution >= 4 is 31.1 Å². The fourth-order valence-corrected chi connectivity index (χ4v) is 4.45. The van der Waals surface area contributed by atoms with Gasteiger partial charge in [0, 0.05) is 23.5 Å². The molecule has 0 spiro atoms. The quantitative estimate of drug-likeness (QED) is 0.335. The van der Waals surface area contributed by atoms with Crippen molar-refractivity contribution in [3.8, 4) is 0 Å². The topological polar surface area (TPSA) is 126 Å². The first-order valence-electron chi connectivity index (χ1n) is 10.4. The number of hydrogen-bond donors (Lipinski definition) is 6. The third-order valence-corrected chi connectivity index (χ3v) is 6.26. The molecule has 3 rings (SSSR count). The number of benzene rings is 1. The van der Waals surface area contributed by atoms with Gasteiger partial charge >= 0.3 is 0 Å². The summed E-state index contributed by atoms with van der Waals surface area (Å²) in [5, 5.41) is 9.72. The van der Waals surface area contributed by atoms with Gasteiger partial charge in [0.25, 0.3) is 0 Å². The van der Waals surface area contributed by atoms with E-state index < -0.39 is 26.1 Å². The number of fused-ring (bicyclic) bond motifs is 1. The van der Waals surface area contributed by atoms with Crippen LogP contribution in [0, 0.1) is 5.92 Å². The highest BCUT2D eigenvalue weighted by atomic mass is 31.2. The summed E-state index contributed by atoms with van der Waals surface area (Å²) in [7, 11) is -2.40. The molecular weight excluding hydrogens is 403 g/mol. The molecule has 164 valence electrons. The highest BCUT2D eigenvalue weighted by Crippen LogP contribution is 2.33. The van der Waals surface area contributed by atoms with Gasteiger partial charge in [-0.25, -0.2) is 0 Å². The highest BCUT2D eigenvalue weighted by Gasteiger charge is 2.30. The summed E-state index contributed by atoms with van der Waals surface area (Å²) in [5.41, 5.74) is 1.85. The van der Waals surface area contributed by atoms with Crippen LogP contribution in [-0.2, 0) is 16.0 Å². The molecule has 3 atom stereocenters. The predicted molar refractivity (Wildman–Crippen MR) is 118 cm³/mol. The summed E-state index contributed by atoms with van der Waals surface area (Å²) in [6.07, 6.45) is 4.26. The van der Waals surface area contributed by atoms with Gasteiger partial charge < -0.3 is 30.7 Å². The number of aromatic nitrogens is 1. The lowest BCUT2D eigenvalue weighted by molar-refractivity contribution is -0.130. The molecule has 6 N–H and O–H groups in total. The predicted octanol–water partition coefficient (Wildman–Crippen LogP) is 1.73. The van der Waals surface area contributed by atoms with Gasteiger partial charge in [-0.15, -0.1) is 0 Å². The number of para-hydroxylation sites is 1. The third-order valence-electron chi connectivity index (χ3n) is 5.39. The average Bonchev–Trinajstić information content (AvgIpc) is 3.37. The number of rotatable bonds is 9. The Morgan fingerprint density at radius 3 is 2.67 bits per heavy atom. The monoisotopic (exact) mass is 434 g/mol. The summed E-state index contributed by atoms with van der Waals surface area (Å²) in [6, 6.07) is 6.73. The van der Waals surface area contributed by atoms with Crippen LogP contribution in [0.3, 0.4) is 0 Å². The van der Waals surface area contributed by atoms with E-state index >= 15 is 0 Å². The van der Waals surface area contributed by atoms with Crippen LogP contribution in [0.4, 0.5) is 0 Å². The summed E-state index contributed by atoms with van der Waals surface area (Å²) in [5.74, 6) is -1.22. The second-order valence-corrected chi connectivity index (χ2v) is 9.51. The molecule has 2 aromatic rings. The number of aromatic amines is 1. The van der Waals surface area contributed by atoms with E-state index in [1.165, 1.54) is 0 Å². The van der Waals surface area contributed by atoms with E-state index in [0.717, 1.165) is 35.9 Å². The fraction of sp³-hybridized carbons (Fsp3) is 0.524. The summed E-state index contributed by atoms with van der Waals surface area (Å²) >= 11 is 0. The molecule has 1 aromatic carbocycles. The summed E-state index contributed by atoms with van der Waals surface area (Å²) in [6.45, 7) is 4.76. The molecule has 2 amide bonds. The number of nitrogens with one attached hydrogen (secondary N) is 4. The number of carbonyl (C=O) groups is 2. The molecule has 1 saturated heterocycles. The van der Waals surface area contributed by atoms with E-state index in [2.05, 4.69) is 20.9 Å². The van der Waals surface area contributed by atoms with Crippen molar-refractivity contribution in [3.63, 3.8) is 0 Å². The van der Waals surface area contributed by atoms with E-state index in [4.69, 9.17) is 0 Å². The summed E-state index contributed by atoms with van der Waals surface area (Å²) in [4.78, 5) is 48.5. The fourth-order valence-electron chi connectivity index (χ4n) is 3.85. The zero-order valence-corrected chi connectivity index (χ0v) is 18.3. The molecule has 0 aliphatic carbocycles. The molecule has 9 heteroatoms. The maximum absolute atomic E-state index is 13.0. The largest absolute Gasteiger partial charge is 0.361 e. The van der Waals surface area contributed by atoms with Crippen molar-refractivity contribution < 1.29 is 19.4 Å². The van der Waals surface area contributed by atoms with Crippen LogP contribution in [-0.4, -0.2) is 51.0 Å². The molecule has 8 nitrogen and oxygen atoms in total. The van der Waals surface area contributed by atoms with Gasteiger partial charge in [-0.05, 0) is 43.4 Å². The second-order valence-electron chi connectivity index (χ2n) is 8.25. The Bertz CT molecular complexity index is 864. The van der Waals surface area contributed by atoms with Gasteiger partial charge in [0.1, 0.15) is 11.8 Å². The van der Waals surface area contributed by atoms with E-state index in [0.29, 0.717) is 6.42 Å². The minimum absolute atomic E-state index is 0.184. The number of H-pyrrole nitrogens is 1. The van der Waals surface area contributed by atoms with Crippen LogP contribution < -0.4 is 16.0 Å². The first kappa shape index (κ1) is 22.7. The van der Waals surface area contributed by atoms with Crippen molar-refractivity contribution in [2.24, 2.45) is 5.92 Å². The standard InChI is InChI=1S/C21H31N4O4P/c1-13(2)10-18(24-20(26)17-8-5-9-22-17)21(27)25-19(30(28)29)11-14-12-23-16-7-4-3-6-15(14)16/h3-4,6-7,12-13,17-19,22-23,28-29H,5,8-11H2,1-2H3,(H,24,26)(H,25,27)/t17-,18-,19?/m0/s1. The van der Waals surface area contributed by atoms with Crippen LogP contribution in [0.15, 0.2) is 30.5 Å². The molecular formula is C21H31N4O4P. The van der Waals surface area contributed by atoms with Crippen LogP contribution in [0.5, 0.6) is 0 Å². The van der Waals surface area contributed by atoms with E-state index in [-0.39, 0.29) is 24.3 Å². The Kier molecular flexibility index (Phi) is 7.83. The number of hydrogen-bond acceptors (Lipinski definition) is 5. The first-order chi connectivity index (χ1) is 14.3. The molecule has 0 bridgehead atoms. The van der Waals surface area contributed by atoms with Gasteiger partial charge in [0.15, 0.2) is 8.38 Å². The maximum atomic E-state index is 13.0. The number of amides is 2. The van der Waals surface area contributed by atoms with Crippen molar-refractivity contribution in [1.82, 2.24) is 20.9 Å². The van der Waals surface area contributed by atoms with E-state index in [1.54, 1.807) is 0 Å². The van der Waals surface area contributed by atoms with Crippen molar-refractivity contribution in [3.05, 3.63) is 36.0 Å². The normalized spacial score (nSPS) is 18.7. The Hall–Kier alpha value is -1.99. The Balaban J connectivity index is 1.69. The highest BCUT2D eigenvalue weighted by molar-refractivity contribution is 7.45. The molecule has 1 fully saturated rings. The lowest BCUT2D eigenvalue weighted by atomic mass is 10.0. The molecule has 0 radical (unpaired) electrons. The van der Waals surface area contributed by atoms with Gasteiger partial charge in [0.05, 0.1) is 6.04 Å². The Labute approximate surface area is 177 Å². The molecule has 1 aliphatic rings. The van der Waals surface area contributed by atoms with Crippen molar-refractivity contribution in [2.75, 3.05) is 6.54 Å². The first-order valence-corrected chi connectivity index (χ1v) is 11.7. The number of carbonyl (C=O) groups excluding carboxylic acids is 2. The van der Waals surface area contributed by atoms with Crippen LogP contribution in [0.1, 0.15) is 38.7 Å². The van der Waals surface area contributed by atoms with Gasteiger partial charge in [-0.2, -0.15) is 0 Å². The van der Waals surface area contributed by atoms with E-state index in [9.17, 15) is 19.4 Å². The Morgan fingerprint density at radius 1 is 1.23 bits per heavy atom. The minimum Gasteiger partial charge on any atom is -0.361 e. The smallest absolute Gasteiger partial charge is 0.243 e. The van der Waals surface area contributed by atoms with Crippen LogP contribution in [0.2, 0.25) is 0 Å². The minimum atomic E-state index is -2.40.